The highest BCUT2D eigenvalue weighted by molar-refractivity contribution is 5.82. The highest BCUT2D eigenvalue weighted by atomic mass is 16.4. The first-order valence-electron chi connectivity index (χ1n) is 5.24. The van der Waals surface area contributed by atoms with Crippen LogP contribution in [0.3, 0.4) is 0 Å². The van der Waals surface area contributed by atoms with E-state index in [1.54, 1.807) is 0 Å². The molecule has 0 aliphatic heterocycles. The number of carboxylic acids is 1. The first-order valence-corrected chi connectivity index (χ1v) is 5.24. The van der Waals surface area contributed by atoms with E-state index in [0.29, 0.717) is 5.82 Å². The molecule has 18 heavy (non-hydrogen) atoms. The summed E-state index contributed by atoms with van der Waals surface area (Å²) < 4.78 is 0. The second-order valence-corrected chi connectivity index (χ2v) is 3.65. The number of H-pyrrole nitrogens is 1. The number of aromatic nitrogens is 3. The standard InChI is InChI=1S/C10H15N5O3/c1-3-4-7(9(16)17)13-10(18)15(2)5-8-11-6-12-14-8/h3,6-7H,1,4-5H2,2H3,(H,13,18)(H,16,17)(H,11,12,14). The molecule has 8 nitrogen and oxygen atoms in total. The van der Waals surface area contributed by atoms with Crippen LogP contribution < -0.4 is 5.32 Å². The van der Waals surface area contributed by atoms with E-state index in [2.05, 4.69) is 27.1 Å². The fourth-order valence-corrected chi connectivity index (χ4v) is 1.25. The first kappa shape index (κ1) is 13.7. The molecule has 2 amide bonds. The molecule has 1 unspecified atom stereocenters. The van der Waals surface area contributed by atoms with Crippen molar-refractivity contribution in [3.63, 3.8) is 0 Å². The number of hydrogen-bond acceptors (Lipinski definition) is 4. The fraction of sp³-hybridized carbons (Fsp3) is 0.400. The van der Waals surface area contributed by atoms with Crippen LogP contribution in [-0.2, 0) is 11.3 Å². The normalized spacial score (nSPS) is 11.6. The van der Waals surface area contributed by atoms with Gasteiger partial charge in [0.15, 0.2) is 0 Å². The SMILES string of the molecule is C=CCC(NC(=O)N(C)Cc1ncn[nH]1)C(=O)O. The van der Waals surface area contributed by atoms with Crippen LogP contribution >= 0.6 is 0 Å². The average molecular weight is 253 g/mol. The maximum absolute atomic E-state index is 11.7. The number of nitrogens with one attached hydrogen (secondary N) is 2. The fourth-order valence-electron chi connectivity index (χ4n) is 1.25. The highest BCUT2D eigenvalue weighted by Gasteiger charge is 2.20. The maximum Gasteiger partial charge on any atom is 0.326 e. The molecule has 0 aliphatic carbocycles. The van der Waals surface area contributed by atoms with Crippen LogP contribution in [0.4, 0.5) is 4.79 Å². The van der Waals surface area contributed by atoms with Crippen LogP contribution in [-0.4, -0.2) is 50.3 Å². The molecular weight excluding hydrogens is 238 g/mol. The number of rotatable bonds is 6. The summed E-state index contributed by atoms with van der Waals surface area (Å²) in [6.45, 7) is 3.66. The minimum absolute atomic E-state index is 0.164. The summed E-state index contributed by atoms with van der Waals surface area (Å²) in [5.41, 5.74) is 0. The van der Waals surface area contributed by atoms with E-state index < -0.39 is 18.0 Å². The summed E-state index contributed by atoms with van der Waals surface area (Å²) in [6, 6.07) is -1.48. The minimum atomic E-state index is -1.10. The number of carbonyl (C=O) groups excluding carboxylic acids is 1. The molecule has 1 atom stereocenters. The van der Waals surface area contributed by atoms with Crippen molar-refractivity contribution < 1.29 is 14.7 Å². The molecule has 0 bridgehead atoms. The van der Waals surface area contributed by atoms with E-state index in [4.69, 9.17) is 5.11 Å². The van der Waals surface area contributed by atoms with Gasteiger partial charge in [-0.1, -0.05) is 6.08 Å². The van der Waals surface area contributed by atoms with Gasteiger partial charge in [-0.15, -0.1) is 6.58 Å². The van der Waals surface area contributed by atoms with Gasteiger partial charge in [-0.25, -0.2) is 14.6 Å². The zero-order chi connectivity index (χ0) is 13.5. The molecular formula is C10H15N5O3. The van der Waals surface area contributed by atoms with E-state index in [1.807, 2.05) is 0 Å². The molecule has 1 aromatic rings. The number of aromatic amines is 1. The molecule has 0 radical (unpaired) electrons. The number of urea groups is 1. The third-order valence-corrected chi connectivity index (χ3v) is 2.20. The summed E-state index contributed by atoms with van der Waals surface area (Å²) >= 11 is 0. The Balaban J connectivity index is 2.52. The number of carboxylic acid groups (broad SMARTS) is 1. The van der Waals surface area contributed by atoms with Crippen molar-refractivity contribution >= 4 is 12.0 Å². The van der Waals surface area contributed by atoms with Crippen molar-refractivity contribution in [3.8, 4) is 0 Å². The lowest BCUT2D eigenvalue weighted by molar-refractivity contribution is -0.139. The van der Waals surface area contributed by atoms with Crippen molar-refractivity contribution in [2.75, 3.05) is 7.05 Å². The van der Waals surface area contributed by atoms with Crippen molar-refractivity contribution in [2.45, 2.75) is 19.0 Å². The molecule has 0 aromatic carbocycles. The molecule has 8 heteroatoms. The average Bonchev–Trinajstić information content (AvgIpc) is 2.80. The zero-order valence-corrected chi connectivity index (χ0v) is 9.96. The summed E-state index contributed by atoms with van der Waals surface area (Å²) in [7, 11) is 1.53. The Morgan fingerprint density at radius 3 is 2.94 bits per heavy atom. The van der Waals surface area contributed by atoms with Gasteiger partial charge in [0.05, 0.1) is 6.54 Å². The van der Waals surface area contributed by atoms with Crippen molar-refractivity contribution in [3.05, 3.63) is 24.8 Å². The van der Waals surface area contributed by atoms with Gasteiger partial charge in [0, 0.05) is 7.05 Å². The second-order valence-electron chi connectivity index (χ2n) is 3.65. The monoisotopic (exact) mass is 253 g/mol. The van der Waals surface area contributed by atoms with Gasteiger partial charge in [0.25, 0.3) is 0 Å². The number of amides is 2. The van der Waals surface area contributed by atoms with E-state index in [9.17, 15) is 9.59 Å². The Morgan fingerprint density at radius 1 is 1.72 bits per heavy atom. The predicted octanol–water partition coefficient (Wildman–Crippen LogP) is -0.0246. The van der Waals surface area contributed by atoms with Crippen LogP contribution in [0, 0.1) is 0 Å². The maximum atomic E-state index is 11.7. The van der Waals surface area contributed by atoms with E-state index in [1.165, 1.54) is 24.4 Å². The van der Waals surface area contributed by atoms with Gasteiger partial charge in [0.2, 0.25) is 0 Å². The molecule has 0 aliphatic rings. The van der Waals surface area contributed by atoms with Crippen LogP contribution in [0.1, 0.15) is 12.2 Å². The summed E-state index contributed by atoms with van der Waals surface area (Å²) in [4.78, 5) is 27.7. The number of nitrogens with zero attached hydrogens (tertiary/aromatic N) is 3. The topological polar surface area (TPSA) is 111 Å². The summed E-state index contributed by atoms with van der Waals surface area (Å²) in [5, 5.41) is 17.5. The Bertz CT molecular complexity index is 417. The van der Waals surface area contributed by atoms with Crippen LogP contribution in [0.15, 0.2) is 19.0 Å². The van der Waals surface area contributed by atoms with Gasteiger partial charge >= 0.3 is 12.0 Å². The van der Waals surface area contributed by atoms with Gasteiger partial charge in [-0.3, -0.25) is 5.10 Å². The van der Waals surface area contributed by atoms with Crippen LogP contribution in [0.5, 0.6) is 0 Å². The molecule has 3 N–H and O–H groups in total. The molecule has 1 rings (SSSR count). The zero-order valence-electron chi connectivity index (χ0n) is 9.96. The van der Waals surface area contributed by atoms with E-state index >= 15 is 0 Å². The Morgan fingerprint density at radius 2 is 2.44 bits per heavy atom. The Hall–Kier alpha value is -2.38. The van der Waals surface area contributed by atoms with Crippen molar-refractivity contribution in [1.82, 2.24) is 25.4 Å². The second kappa shape index (κ2) is 6.38. The number of aliphatic carboxylic acids is 1. The third kappa shape index (κ3) is 3.89. The molecule has 0 saturated heterocycles. The minimum Gasteiger partial charge on any atom is -0.480 e. The lowest BCUT2D eigenvalue weighted by Gasteiger charge is -2.19. The third-order valence-electron chi connectivity index (χ3n) is 2.20. The van der Waals surface area contributed by atoms with E-state index in [0.717, 1.165) is 0 Å². The van der Waals surface area contributed by atoms with Crippen molar-refractivity contribution in [2.24, 2.45) is 0 Å². The smallest absolute Gasteiger partial charge is 0.326 e. The molecule has 1 aromatic heterocycles. The summed E-state index contributed by atoms with van der Waals surface area (Å²) in [6.07, 6.45) is 2.94. The lowest BCUT2D eigenvalue weighted by atomic mass is 10.2. The molecule has 0 spiro atoms. The quantitative estimate of drug-likeness (QED) is 0.617. The molecule has 1 heterocycles. The number of carbonyl (C=O) groups is 2. The molecule has 98 valence electrons. The summed E-state index contributed by atoms with van der Waals surface area (Å²) in [5.74, 6) is -0.584. The van der Waals surface area contributed by atoms with Gasteiger partial charge < -0.3 is 15.3 Å². The molecule has 0 fully saturated rings. The highest BCUT2D eigenvalue weighted by Crippen LogP contribution is 1.98. The Labute approximate surface area is 104 Å². The van der Waals surface area contributed by atoms with Gasteiger partial charge in [-0.2, -0.15) is 5.10 Å². The lowest BCUT2D eigenvalue weighted by Crippen LogP contribution is -2.46. The van der Waals surface area contributed by atoms with Gasteiger partial charge in [0.1, 0.15) is 18.2 Å². The van der Waals surface area contributed by atoms with Crippen LogP contribution in [0.25, 0.3) is 0 Å². The number of hydrogen-bond donors (Lipinski definition) is 3. The first-order chi connectivity index (χ1) is 8.54. The molecule has 0 saturated carbocycles. The van der Waals surface area contributed by atoms with Crippen LogP contribution in [0.2, 0.25) is 0 Å². The van der Waals surface area contributed by atoms with Gasteiger partial charge in [-0.05, 0) is 6.42 Å². The van der Waals surface area contributed by atoms with E-state index in [-0.39, 0.29) is 13.0 Å². The largest absolute Gasteiger partial charge is 0.480 e. The van der Waals surface area contributed by atoms with Crippen molar-refractivity contribution in [1.29, 1.82) is 0 Å². The predicted molar refractivity (Wildman–Crippen MR) is 62.6 cm³/mol. The Kier molecular flexibility index (Phi) is 4.85.